The van der Waals surface area contributed by atoms with Gasteiger partial charge in [-0.1, -0.05) is 60.1 Å². The maximum Gasteiger partial charge on any atom is 0.165 e. The van der Waals surface area contributed by atoms with Crippen LogP contribution in [0.3, 0.4) is 0 Å². The number of carbonyl (C=O) groups excluding carboxylic acids is 1. The Morgan fingerprint density at radius 2 is 1.62 bits per heavy atom. The fourth-order valence-electron chi connectivity index (χ4n) is 2.68. The quantitative estimate of drug-likeness (QED) is 0.408. The van der Waals surface area contributed by atoms with Gasteiger partial charge in [-0.3, -0.25) is 4.79 Å². The highest BCUT2D eigenvalue weighted by Gasteiger charge is 2.17. The van der Waals surface area contributed by atoms with Crippen molar-refractivity contribution < 1.29 is 4.79 Å². The lowest BCUT2D eigenvalue weighted by Crippen LogP contribution is -1.98. The van der Waals surface area contributed by atoms with Gasteiger partial charge in [0.15, 0.2) is 11.9 Å². The molecule has 0 aliphatic carbocycles. The summed E-state index contributed by atoms with van der Waals surface area (Å²) in [7, 11) is 0. The second-order valence-electron chi connectivity index (χ2n) is 5.32. The lowest BCUT2D eigenvalue weighted by atomic mass is 10.1. The van der Waals surface area contributed by atoms with Crippen LogP contribution in [0.1, 0.15) is 10.4 Å². The van der Waals surface area contributed by atoms with Gasteiger partial charge in [0.25, 0.3) is 0 Å². The topological polar surface area (TPSA) is 47.8 Å². The Kier molecular flexibility index (Phi) is 3.59. The number of fused-ring (bicyclic) bond motifs is 1. The molecule has 0 fully saturated rings. The van der Waals surface area contributed by atoms with Gasteiger partial charge in [-0.15, -0.1) is 0 Å². The van der Waals surface area contributed by atoms with Crippen LogP contribution in [0.5, 0.6) is 0 Å². The van der Waals surface area contributed by atoms with Gasteiger partial charge in [0.1, 0.15) is 10.8 Å². The molecule has 4 rings (SSSR count). The first-order valence-corrected chi connectivity index (χ1v) is 7.81. The van der Waals surface area contributed by atoms with Gasteiger partial charge in [0.2, 0.25) is 0 Å². The van der Waals surface area contributed by atoms with Crippen molar-refractivity contribution in [2.24, 2.45) is 0 Å². The molecule has 24 heavy (non-hydrogen) atoms. The summed E-state index contributed by atoms with van der Waals surface area (Å²) in [5, 5.41) is 5.69. The molecule has 0 N–H and O–H groups in total. The van der Waals surface area contributed by atoms with Gasteiger partial charge < -0.3 is 0 Å². The van der Waals surface area contributed by atoms with E-state index >= 15 is 0 Å². The monoisotopic (exact) mass is 333 g/mol. The van der Waals surface area contributed by atoms with Crippen molar-refractivity contribution in [2.75, 3.05) is 0 Å². The first-order valence-electron chi connectivity index (χ1n) is 7.43. The van der Waals surface area contributed by atoms with E-state index in [2.05, 4.69) is 4.98 Å². The van der Waals surface area contributed by atoms with Gasteiger partial charge >= 0.3 is 0 Å². The molecule has 5 heteroatoms. The summed E-state index contributed by atoms with van der Waals surface area (Å²) >= 11 is 6.13. The average Bonchev–Trinajstić information content (AvgIpc) is 3.00. The van der Waals surface area contributed by atoms with Gasteiger partial charge in [0.05, 0.1) is 11.3 Å². The van der Waals surface area contributed by atoms with Crippen molar-refractivity contribution in [3.8, 4) is 16.9 Å². The third-order valence-electron chi connectivity index (χ3n) is 3.81. The van der Waals surface area contributed by atoms with E-state index in [0.29, 0.717) is 17.5 Å². The molecule has 2 aromatic carbocycles. The van der Waals surface area contributed by atoms with Crippen LogP contribution < -0.4 is 0 Å². The second-order valence-corrected chi connectivity index (χ2v) is 5.68. The van der Waals surface area contributed by atoms with E-state index in [0.717, 1.165) is 22.3 Å². The number of pyridine rings is 1. The van der Waals surface area contributed by atoms with Crippen molar-refractivity contribution in [2.45, 2.75) is 0 Å². The molecule has 0 aliphatic rings. The lowest BCUT2D eigenvalue weighted by molar-refractivity contribution is 0.112. The fraction of sp³-hybridized carbons (Fsp3) is 0. The number of nitrogens with zero attached hydrogens (tertiary/aromatic N) is 3. The third-order valence-corrected chi connectivity index (χ3v) is 4.12. The van der Waals surface area contributed by atoms with Crippen LogP contribution in [0, 0.1) is 0 Å². The van der Waals surface area contributed by atoms with Crippen LogP contribution in [-0.2, 0) is 0 Å². The fourth-order valence-corrected chi connectivity index (χ4v) is 2.85. The van der Waals surface area contributed by atoms with Crippen LogP contribution in [0.4, 0.5) is 0 Å². The normalized spacial score (nSPS) is 10.9. The number of halogens is 1. The molecule has 0 unspecified atom stereocenters. The van der Waals surface area contributed by atoms with E-state index in [1.807, 2.05) is 60.7 Å². The van der Waals surface area contributed by atoms with E-state index in [1.165, 1.54) is 0 Å². The molecule has 2 aromatic heterocycles. The molecular weight excluding hydrogens is 322 g/mol. The zero-order valence-corrected chi connectivity index (χ0v) is 13.3. The van der Waals surface area contributed by atoms with Gasteiger partial charge in [-0.25, -0.2) is 9.67 Å². The van der Waals surface area contributed by atoms with Gasteiger partial charge in [0, 0.05) is 10.9 Å². The minimum absolute atomic E-state index is 0.175. The maximum absolute atomic E-state index is 11.2. The number of carbonyl (C=O) groups is 1. The minimum Gasteiger partial charge on any atom is -0.298 e. The summed E-state index contributed by atoms with van der Waals surface area (Å²) in [6.07, 6.45) is 0.712. The van der Waals surface area contributed by atoms with Crippen molar-refractivity contribution in [1.82, 2.24) is 14.8 Å². The summed E-state index contributed by atoms with van der Waals surface area (Å²) in [6, 6.07) is 21.3. The zero-order valence-electron chi connectivity index (χ0n) is 12.6. The second kappa shape index (κ2) is 5.91. The average molecular weight is 334 g/mol. The molecule has 0 bridgehead atoms. The van der Waals surface area contributed by atoms with E-state index in [9.17, 15) is 4.79 Å². The smallest absolute Gasteiger partial charge is 0.165 e. The molecule has 0 saturated heterocycles. The number of para-hydroxylation sites is 1. The third kappa shape index (κ3) is 2.37. The highest BCUT2D eigenvalue weighted by Crippen LogP contribution is 2.31. The van der Waals surface area contributed by atoms with Crippen LogP contribution in [0.2, 0.25) is 5.15 Å². The molecule has 0 atom stereocenters. The van der Waals surface area contributed by atoms with Gasteiger partial charge in [-0.2, -0.15) is 5.10 Å². The molecule has 0 radical (unpaired) electrons. The van der Waals surface area contributed by atoms with Crippen LogP contribution >= 0.6 is 11.6 Å². The van der Waals surface area contributed by atoms with Crippen molar-refractivity contribution in [1.29, 1.82) is 0 Å². The van der Waals surface area contributed by atoms with E-state index < -0.39 is 0 Å². The first kappa shape index (κ1) is 14.6. The SMILES string of the molecule is O=Cc1cc2c(-c3ccccc3)nn(-c3ccccc3)c2nc1Cl. The van der Waals surface area contributed by atoms with Crippen LogP contribution in [0.25, 0.3) is 28.0 Å². The Labute approximate surface area is 143 Å². The van der Waals surface area contributed by atoms with Crippen molar-refractivity contribution in [3.63, 3.8) is 0 Å². The first-order chi connectivity index (χ1) is 11.8. The highest BCUT2D eigenvalue weighted by molar-refractivity contribution is 6.32. The molecular formula is C19H12ClN3O. The Hall–Kier alpha value is -2.98. The number of aromatic nitrogens is 3. The van der Waals surface area contributed by atoms with Gasteiger partial charge in [-0.05, 0) is 18.2 Å². The number of benzene rings is 2. The summed E-state index contributed by atoms with van der Waals surface area (Å²) < 4.78 is 1.75. The Balaban J connectivity index is 2.07. The molecule has 0 saturated carbocycles. The minimum atomic E-state index is 0.175. The van der Waals surface area contributed by atoms with Crippen LogP contribution in [-0.4, -0.2) is 21.1 Å². The van der Waals surface area contributed by atoms with E-state index in [4.69, 9.17) is 16.7 Å². The summed E-state index contributed by atoms with van der Waals surface area (Å²) in [5.74, 6) is 0. The molecule has 2 heterocycles. The highest BCUT2D eigenvalue weighted by atomic mass is 35.5. The van der Waals surface area contributed by atoms with Crippen LogP contribution in [0.15, 0.2) is 66.7 Å². The Bertz CT molecular complexity index is 1030. The predicted molar refractivity (Wildman–Crippen MR) is 94.7 cm³/mol. The van der Waals surface area contributed by atoms with Crippen molar-refractivity contribution >= 4 is 28.9 Å². The number of hydrogen-bond donors (Lipinski definition) is 0. The molecule has 116 valence electrons. The van der Waals surface area contributed by atoms with E-state index in [1.54, 1.807) is 10.7 Å². The summed E-state index contributed by atoms with van der Waals surface area (Å²) in [4.78, 5) is 15.6. The lowest BCUT2D eigenvalue weighted by Gasteiger charge is -2.02. The predicted octanol–water partition coefficient (Wildman–Crippen LogP) is 4.55. The number of rotatable bonds is 3. The Morgan fingerprint density at radius 1 is 0.958 bits per heavy atom. The molecule has 0 amide bonds. The molecule has 0 spiro atoms. The molecule has 4 nitrogen and oxygen atoms in total. The zero-order chi connectivity index (χ0) is 16.5. The molecule has 0 aliphatic heterocycles. The standard InChI is InChI=1S/C19H12ClN3O/c20-18-14(12-24)11-16-17(13-7-3-1-4-8-13)22-23(19(16)21-18)15-9-5-2-6-10-15/h1-12H. The Morgan fingerprint density at radius 3 is 2.29 bits per heavy atom. The van der Waals surface area contributed by atoms with Crippen molar-refractivity contribution in [3.05, 3.63) is 77.4 Å². The number of hydrogen-bond acceptors (Lipinski definition) is 3. The largest absolute Gasteiger partial charge is 0.298 e. The van der Waals surface area contributed by atoms with E-state index in [-0.39, 0.29) is 5.15 Å². The summed E-state index contributed by atoms with van der Waals surface area (Å²) in [5.41, 5.74) is 3.58. The maximum atomic E-state index is 11.2. The molecule has 4 aromatic rings. The summed E-state index contributed by atoms with van der Waals surface area (Å²) in [6.45, 7) is 0. The number of aldehydes is 1.